The van der Waals surface area contributed by atoms with Crippen LogP contribution in [0.2, 0.25) is 0 Å². The molecule has 0 fully saturated rings. The predicted octanol–water partition coefficient (Wildman–Crippen LogP) is 18.3. The van der Waals surface area contributed by atoms with Gasteiger partial charge in [-0.25, -0.2) is 4.57 Å². The van der Waals surface area contributed by atoms with Gasteiger partial charge in [-0.3, -0.25) is 18.6 Å². The first-order valence-corrected chi connectivity index (χ1v) is 31.6. The molecule has 1 amide bonds. The maximum atomic E-state index is 13.5. The molecule has 0 aromatic carbocycles. The van der Waals surface area contributed by atoms with Crippen molar-refractivity contribution in [3.8, 4) is 0 Å². The molecule has 420 valence electrons. The van der Waals surface area contributed by atoms with Gasteiger partial charge in [0.2, 0.25) is 5.91 Å². The Morgan fingerprint density at radius 1 is 0.500 bits per heavy atom. The van der Waals surface area contributed by atoms with Crippen LogP contribution in [0.4, 0.5) is 0 Å². The molecule has 0 aromatic heterocycles. The third kappa shape index (κ3) is 52.6. The van der Waals surface area contributed by atoms with E-state index in [0.717, 1.165) is 89.9 Å². The molecule has 0 radical (unpaired) electrons. The van der Waals surface area contributed by atoms with E-state index in [1.165, 1.54) is 148 Å². The van der Waals surface area contributed by atoms with Gasteiger partial charge in [-0.05, 0) is 89.5 Å². The Labute approximate surface area is 445 Å². The second kappa shape index (κ2) is 52.2. The van der Waals surface area contributed by atoms with Crippen molar-refractivity contribution in [1.82, 2.24) is 5.32 Å². The second-order valence-electron chi connectivity index (χ2n) is 21.5. The number of hydrogen-bond donors (Lipinski definition) is 2. The number of esters is 1. The first-order chi connectivity index (χ1) is 34.9. The van der Waals surface area contributed by atoms with Gasteiger partial charge in [0.15, 0.2) is 0 Å². The van der Waals surface area contributed by atoms with Crippen molar-refractivity contribution in [3.63, 3.8) is 0 Å². The number of ether oxygens (including phenoxy) is 1. The number of unbranched alkanes of at least 4 members (excludes halogenated alkanes) is 30. The van der Waals surface area contributed by atoms with Crippen molar-refractivity contribution in [3.05, 3.63) is 60.8 Å². The van der Waals surface area contributed by atoms with E-state index in [9.17, 15) is 19.0 Å². The molecule has 2 N–H and O–H groups in total. The summed E-state index contributed by atoms with van der Waals surface area (Å²) in [4.78, 5) is 37.6. The zero-order valence-corrected chi connectivity index (χ0v) is 48.8. The van der Waals surface area contributed by atoms with E-state index >= 15 is 0 Å². The Morgan fingerprint density at radius 3 is 1.35 bits per heavy atom. The highest BCUT2D eigenvalue weighted by atomic mass is 31.2. The lowest BCUT2D eigenvalue weighted by molar-refractivity contribution is -0.870. The fourth-order valence-electron chi connectivity index (χ4n) is 8.54. The summed E-state index contributed by atoms with van der Waals surface area (Å²) in [5.41, 5.74) is 0. The fourth-order valence-corrected chi connectivity index (χ4v) is 9.27. The van der Waals surface area contributed by atoms with E-state index in [1.807, 2.05) is 33.3 Å². The van der Waals surface area contributed by atoms with Gasteiger partial charge in [0.25, 0.3) is 0 Å². The standard InChI is InChI=1S/C62H115N2O7P/c1-7-10-13-16-19-22-25-27-29-30-31-32-33-34-35-37-40-43-46-49-52-55-62(66)71-60(53-50-47-44-41-38-24-21-18-15-12-9-3)59(58-70-72(67,68)69-57-56-64(4,5)6)63-61(65)54-51-48-45-42-39-36-28-26-23-20-17-14-11-8-2/h11,14,19-20,22-23,27,29,50,53,59-60H,7-10,12-13,15-18,21,24-26,28,30-49,51-52,54-58H2,1-6H3,(H-,63,65,67,68)/p+1/b14-11+,22-19-,23-20+,29-27-,53-50-. The van der Waals surface area contributed by atoms with Crippen molar-refractivity contribution in [2.45, 2.75) is 283 Å². The van der Waals surface area contributed by atoms with Crippen LogP contribution in [0.15, 0.2) is 60.8 Å². The number of allylic oxidation sites excluding steroid dienone is 9. The minimum Gasteiger partial charge on any atom is -0.456 e. The molecule has 0 aliphatic heterocycles. The Morgan fingerprint density at radius 2 is 0.889 bits per heavy atom. The quantitative estimate of drug-likeness (QED) is 0.0205. The largest absolute Gasteiger partial charge is 0.472 e. The Balaban J connectivity index is 5.20. The summed E-state index contributed by atoms with van der Waals surface area (Å²) in [7, 11) is 1.49. The minimum atomic E-state index is -4.45. The summed E-state index contributed by atoms with van der Waals surface area (Å²) in [6.07, 6.45) is 65.0. The number of nitrogens with zero attached hydrogens (tertiary/aromatic N) is 1. The molecular weight excluding hydrogens is 916 g/mol. The summed E-state index contributed by atoms with van der Waals surface area (Å²) in [6.45, 7) is 6.88. The lowest BCUT2D eigenvalue weighted by atomic mass is 10.0. The van der Waals surface area contributed by atoms with Gasteiger partial charge < -0.3 is 19.4 Å². The molecule has 10 heteroatoms. The van der Waals surface area contributed by atoms with Gasteiger partial charge >= 0.3 is 13.8 Å². The summed E-state index contributed by atoms with van der Waals surface area (Å²) < 4.78 is 30.6. The summed E-state index contributed by atoms with van der Waals surface area (Å²) in [6, 6.07) is -0.853. The number of phosphoric acid groups is 1. The van der Waals surface area contributed by atoms with Crippen LogP contribution >= 0.6 is 7.82 Å². The smallest absolute Gasteiger partial charge is 0.456 e. The van der Waals surface area contributed by atoms with Crippen molar-refractivity contribution in [1.29, 1.82) is 0 Å². The summed E-state index contributed by atoms with van der Waals surface area (Å²) in [5, 5.41) is 3.04. The van der Waals surface area contributed by atoms with E-state index in [1.54, 1.807) is 0 Å². The Hall–Kier alpha value is -2.29. The number of carbonyl (C=O) groups excluding carboxylic acids is 2. The van der Waals surface area contributed by atoms with Crippen LogP contribution in [0, 0.1) is 0 Å². The minimum absolute atomic E-state index is 0.0373. The second-order valence-corrected chi connectivity index (χ2v) is 22.9. The number of likely N-dealkylation sites (N-methyl/N-ethyl adjacent to an activating group) is 1. The molecule has 0 heterocycles. The molecule has 0 aliphatic rings. The molecule has 0 saturated heterocycles. The number of nitrogens with one attached hydrogen (secondary N) is 1. The molecule has 0 aliphatic carbocycles. The van der Waals surface area contributed by atoms with Crippen LogP contribution in [0.25, 0.3) is 0 Å². The van der Waals surface area contributed by atoms with E-state index in [2.05, 4.69) is 74.7 Å². The number of hydrogen-bond acceptors (Lipinski definition) is 6. The zero-order valence-electron chi connectivity index (χ0n) is 47.9. The lowest BCUT2D eigenvalue weighted by Crippen LogP contribution is -2.47. The summed E-state index contributed by atoms with van der Waals surface area (Å²) in [5.74, 6) is -0.514. The van der Waals surface area contributed by atoms with Crippen molar-refractivity contribution < 1.29 is 37.3 Å². The Bertz CT molecular complexity index is 1420. The van der Waals surface area contributed by atoms with E-state index in [-0.39, 0.29) is 31.5 Å². The molecule has 0 saturated carbocycles. The van der Waals surface area contributed by atoms with E-state index < -0.39 is 20.0 Å². The summed E-state index contributed by atoms with van der Waals surface area (Å²) >= 11 is 0. The zero-order chi connectivity index (χ0) is 52.9. The molecule has 0 aromatic rings. The van der Waals surface area contributed by atoms with Gasteiger partial charge in [0.1, 0.15) is 19.3 Å². The van der Waals surface area contributed by atoms with E-state index in [0.29, 0.717) is 17.4 Å². The maximum Gasteiger partial charge on any atom is 0.472 e. The topological polar surface area (TPSA) is 111 Å². The molecule has 0 spiro atoms. The number of carbonyl (C=O) groups is 2. The van der Waals surface area contributed by atoms with Crippen LogP contribution < -0.4 is 5.32 Å². The van der Waals surface area contributed by atoms with Crippen LogP contribution in [-0.2, 0) is 27.9 Å². The highest BCUT2D eigenvalue weighted by molar-refractivity contribution is 7.47. The van der Waals surface area contributed by atoms with Crippen molar-refractivity contribution >= 4 is 19.7 Å². The van der Waals surface area contributed by atoms with Gasteiger partial charge in [-0.15, -0.1) is 0 Å². The predicted molar refractivity (Wildman–Crippen MR) is 309 cm³/mol. The first-order valence-electron chi connectivity index (χ1n) is 30.1. The molecule has 0 bridgehead atoms. The third-order valence-electron chi connectivity index (χ3n) is 13.2. The molecule has 3 atom stereocenters. The molecule has 3 unspecified atom stereocenters. The monoisotopic (exact) mass is 1030 g/mol. The Kier molecular flexibility index (Phi) is 50.5. The highest BCUT2D eigenvalue weighted by Gasteiger charge is 2.30. The average molecular weight is 1030 g/mol. The van der Waals surface area contributed by atoms with Crippen LogP contribution in [-0.4, -0.2) is 74.3 Å². The SMILES string of the molecule is CC/C=C/C/C=C/CCCCCCCCCC(=O)NC(COP(=O)(O)OCC[N+](C)(C)C)C(/C=C\CCCCCCCCCCC)OC(=O)CCCCCCCCCCCCC/C=C\C/C=C\CCCCC. The molecule has 0 rings (SSSR count). The lowest BCUT2D eigenvalue weighted by Gasteiger charge is -2.27. The maximum absolute atomic E-state index is 13.5. The van der Waals surface area contributed by atoms with Gasteiger partial charge in [-0.2, -0.15) is 0 Å². The third-order valence-corrected chi connectivity index (χ3v) is 14.2. The van der Waals surface area contributed by atoms with Crippen LogP contribution in [0.5, 0.6) is 0 Å². The van der Waals surface area contributed by atoms with Crippen LogP contribution in [0.3, 0.4) is 0 Å². The number of rotatable bonds is 54. The van der Waals surface area contributed by atoms with Gasteiger partial charge in [0.05, 0.1) is 33.8 Å². The number of quaternary nitrogens is 1. The number of phosphoric ester groups is 1. The van der Waals surface area contributed by atoms with Crippen molar-refractivity contribution in [2.75, 3.05) is 40.9 Å². The van der Waals surface area contributed by atoms with Gasteiger partial charge in [-0.1, -0.05) is 230 Å². The normalized spacial score (nSPS) is 14.2. The van der Waals surface area contributed by atoms with Gasteiger partial charge in [0, 0.05) is 12.8 Å². The average Bonchev–Trinajstić information content (AvgIpc) is 3.34. The first kappa shape index (κ1) is 69.7. The molecular formula is C62H116N2O7P+. The molecule has 72 heavy (non-hydrogen) atoms. The van der Waals surface area contributed by atoms with E-state index in [4.69, 9.17) is 13.8 Å². The highest BCUT2D eigenvalue weighted by Crippen LogP contribution is 2.43. The van der Waals surface area contributed by atoms with Crippen molar-refractivity contribution in [2.24, 2.45) is 0 Å². The molecule has 9 nitrogen and oxygen atoms in total. The fraction of sp³-hybridized carbons (Fsp3) is 0.806. The van der Waals surface area contributed by atoms with Crippen LogP contribution in [0.1, 0.15) is 271 Å². The number of amides is 1.